The van der Waals surface area contributed by atoms with E-state index in [0.717, 1.165) is 61.0 Å². The van der Waals surface area contributed by atoms with Crippen molar-refractivity contribution in [3.63, 3.8) is 0 Å². The molecule has 0 bridgehead atoms. The highest BCUT2D eigenvalue weighted by atomic mass is 15.1. The van der Waals surface area contributed by atoms with E-state index in [9.17, 15) is 0 Å². The monoisotopic (exact) mass is 758 g/mol. The Morgan fingerprint density at radius 3 is 1.88 bits per heavy atom. The van der Waals surface area contributed by atoms with Crippen LogP contribution >= 0.6 is 0 Å². The first-order valence-corrected chi connectivity index (χ1v) is 20.7. The van der Waals surface area contributed by atoms with Crippen molar-refractivity contribution in [2.24, 2.45) is 0 Å². The minimum Gasteiger partial charge on any atom is -0.354 e. The van der Waals surface area contributed by atoms with E-state index in [1.54, 1.807) is 0 Å². The average Bonchev–Trinajstić information content (AvgIpc) is 3.75. The van der Waals surface area contributed by atoms with E-state index in [4.69, 9.17) is 9.97 Å². The van der Waals surface area contributed by atoms with Crippen molar-refractivity contribution in [3.05, 3.63) is 149 Å². The Balaban J connectivity index is 1.34. The third-order valence-electron chi connectivity index (χ3n) is 12.1. The van der Waals surface area contributed by atoms with Crippen LogP contribution < -0.4 is 0 Å². The van der Waals surface area contributed by atoms with Crippen LogP contribution in [0, 0.1) is 13.8 Å². The van der Waals surface area contributed by atoms with Crippen LogP contribution in [0.4, 0.5) is 0 Å². The van der Waals surface area contributed by atoms with Crippen LogP contribution in [0.1, 0.15) is 90.1 Å². The Bertz CT molecular complexity index is 3060. The largest absolute Gasteiger partial charge is 0.354 e. The highest BCUT2D eigenvalue weighted by molar-refractivity contribution is 6.14. The summed E-state index contributed by atoms with van der Waals surface area (Å²) < 4.78 is 2.40. The van der Waals surface area contributed by atoms with Crippen molar-refractivity contribution in [3.8, 4) is 39.3 Å². The van der Waals surface area contributed by atoms with Crippen molar-refractivity contribution in [2.75, 3.05) is 0 Å². The molecule has 3 heterocycles. The zero-order valence-corrected chi connectivity index (χ0v) is 35.9. The highest BCUT2D eigenvalue weighted by Crippen LogP contribution is 2.43. The van der Waals surface area contributed by atoms with E-state index < -0.39 is 0 Å². The van der Waals surface area contributed by atoms with Crippen molar-refractivity contribution in [2.45, 2.75) is 92.4 Å². The summed E-state index contributed by atoms with van der Waals surface area (Å²) in [5, 5.41) is 3.66. The lowest BCUT2D eigenvalue weighted by atomic mass is 9.83. The van der Waals surface area contributed by atoms with Crippen molar-refractivity contribution >= 4 is 43.7 Å². The molecule has 290 valence electrons. The summed E-state index contributed by atoms with van der Waals surface area (Å²) >= 11 is 0. The fourth-order valence-corrected chi connectivity index (χ4v) is 8.68. The third-order valence-corrected chi connectivity index (χ3v) is 12.1. The molecule has 4 heteroatoms. The molecule has 1 N–H and O–H groups in total. The fraction of sp³-hybridized carbons (Fsp3) is 0.259. The molecule has 0 radical (unpaired) electrons. The molecule has 0 saturated heterocycles. The second-order valence-electron chi connectivity index (χ2n) is 19.4. The standard InChI is InChI=1S/C54H54N4/c1-32-16-12-17-33(2)50(32)58-46-22-14-21-40(43-30-39(54(9,10)11)31-44-42-28-37(52(3,4)5)23-24-45(42)56-48(43)44)49(46)57-51(58)36-19-13-18-34(26-36)41-29-38(53(6,7)8)27-35-20-15-25-55-47(35)41/h12-31,56H,1-11H3. The van der Waals surface area contributed by atoms with E-state index in [0.29, 0.717) is 0 Å². The molecular formula is C54H54N4. The van der Waals surface area contributed by atoms with Crippen molar-refractivity contribution in [1.82, 2.24) is 19.5 Å². The predicted octanol–water partition coefficient (Wildman–Crippen LogP) is 14.7. The molecule has 0 aliphatic heterocycles. The topological polar surface area (TPSA) is 46.5 Å². The average molecular weight is 759 g/mol. The quantitative estimate of drug-likeness (QED) is 0.194. The molecule has 0 atom stereocenters. The van der Waals surface area contributed by atoms with Gasteiger partial charge in [-0.1, -0.05) is 123 Å². The summed E-state index contributed by atoms with van der Waals surface area (Å²) in [7, 11) is 0. The van der Waals surface area contributed by atoms with Crippen LogP contribution in [0.25, 0.3) is 83.1 Å². The maximum atomic E-state index is 5.70. The molecule has 0 aliphatic rings. The number of aryl methyl sites for hydroxylation is 2. The van der Waals surface area contributed by atoms with Gasteiger partial charge < -0.3 is 4.98 Å². The van der Waals surface area contributed by atoms with Gasteiger partial charge in [0.1, 0.15) is 5.82 Å². The van der Waals surface area contributed by atoms with Gasteiger partial charge in [-0.15, -0.1) is 0 Å². The van der Waals surface area contributed by atoms with Crippen LogP contribution in [-0.2, 0) is 16.2 Å². The summed E-state index contributed by atoms with van der Waals surface area (Å²) in [6, 6.07) is 42.7. The summed E-state index contributed by atoms with van der Waals surface area (Å²) in [6.45, 7) is 25.0. The van der Waals surface area contributed by atoms with Crippen LogP contribution in [0.3, 0.4) is 0 Å². The lowest BCUT2D eigenvalue weighted by molar-refractivity contribution is 0.590. The Hall–Kier alpha value is -6.00. The summed E-state index contributed by atoms with van der Waals surface area (Å²) in [6.07, 6.45) is 1.90. The van der Waals surface area contributed by atoms with Gasteiger partial charge in [-0.2, -0.15) is 0 Å². The lowest BCUT2D eigenvalue weighted by Gasteiger charge is -2.21. The van der Waals surface area contributed by atoms with E-state index >= 15 is 0 Å². The van der Waals surface area contributed by atoms with Gasteiger partial charge in [0.2, 0.25) is 0 Å². The SMILES string of the molecule is Cc1cccc(C)c1-n1c(-c2cccc(-c3cc(C(C)(C)C)cc4cccnc34)c2)nc2c(-c3cc(C(C)(C)C)cc4c3[nH]c3ccc(C(C)(C)C)cc34)cccc21. The van der Waals surface area contributed by atoms with E-state index in [-0.39, 0.29) is 16.2 Å². The minimum atomic E-state index is -0.0609. The van der Waals surface area contributed by atoms with Gasteiger partial charge in [0.25, 0.3) is 0 Å². The molecule has 3 aromatic heterocycles. The maximum absolute atomic E-state index is 5.70. The second kappa shape index (κ2) is 13.3. The molecule has 0 amide bonds. The Morgan fingerprint density at radius 2 is 1.16 bits per heavy atom. The van der Waals surface area contributed by atoms with Gasteiger partial charge in [-0.3, -0.25) is 9.55 Å². The van der Waals surface area contributed by atoms with E-state index in [1.807, 2.05) is 12.3 Å². The van der Waals surface area contributed by atoms with E-state index in [2.05, 4.69) is 195 Å². The number of imidazole rings is 1. The highest BCUT2D eigenvalue weighted by Gasteiger charge is 2.25. The maximum Gasteiger partial charge on any atom is 0.145 e. The third kappa shape index (κ3) is 6.30. The zero-order valence-electron chi connectivity index (χ0n) is 35.9. The number of nitrogens with one attached hydrogen (secondary N) is 1. The molecule has 0 unspecified atom stereocenters. The normalized spacial score (nSPS) is 12.7. The van der Waals surface area contributed by atoms with Gasteiger partial charge >= 0.3 is 0 Å². The molecular weight excluding hydrogens is 705 g/mol. The number of hydrogen-bond acceptors (Lipinski definition) is 2. The number of para-hydroxylation sites is 2. The van der Waals surface area contributed by atoms with Gasteiger partial charge in [-0.05, 0) is 118 Å². The molecule has 9 rings (SSSR count). The first-order chi connectivity index (χ1) is 27.5. The van der Waals surface area contributed by atoms with Crippen LogP contribution in [0.2, 0.25) is 0 Å². The number of aromatic nitrogens is 4. The van der Waals surface area contributed by atoms with Crippen LogP contribution in [-0.4, -0.2) is 19.5 Å². The fourth-order valence-electron chi connectivity index (χ4n) is 8.68. The predicted molar refractivity (Wildman–Crippen MR) is 248 cm³/mol. The molecule has 58 heavy (non-hydrogen) atoms. The molecule has 0 fully saturated rings. The second-order valence-corrected chi connectivity index (χ2v) is 19.4. The van der Waals surface area contributed by atoms with Gasteiger partial charge in [0.05, 0.1) is 27.8 Å². The number of aromatic amines is 1. The summed E-state index contributed by atoms with van der Waals surface area (Å²) in [4.78, 5) is 14.5. The molecule has 0 saturated carbocycles. The van der Waals surface area contributed by atoms with Gasteiger partial charge in [0, 0.05) is 50.1 Å². The number of nitrogens with zero attached hydrogens (tertiary/aromatic N) is 3. The molecule has 4 nitrogen and oxygen atoms in total. The van der Waals surface area contributed by atoms with Crippen LogP contribution in [0.15, 0.2) is 121 Å². The number of rotatable bonds is 4. The van der Waals surface area contributed by atoms with Gasteiger partial charge in [-0.25, -0.2) is 4.98 Å². The lowest BCUT2D eigenvalue weighted by Crippen LogP contribution is -2.11. The Morgan fingerprint density at radius 1 is 0.517 bits per heavy atom. The molecule has 9 aromatic rings. The summed E-state index contributed by atoms with van der Waals surface area (Å²) in [5.74, 6) is 0.917. The molecule has 6 aromatic carbocycles. The van der Waals surface area contributed by atoms with Gasteiger partial charge in [0.15, 0.2) is 0 Å². The smallest absolute Gasteiger partial charge is 0.145 e. The Labute approximate surface area is 343 Å². The first kappa shape index (κ1) is 37.6. The van der Waals surface area contributed by atoms with Crippen LogP contribution in [0.5, 0.6) is 0 Å². The molecule has 0 spiro atoms. The first-order valence-electron chi connectivity index (χ1n) is 20.7. The minimum absolute atomic E-state index is 0.0152. The number of benzene rings is 6. The zero-order chi connectivity index (χ0) is 40.9. The van der Waals surface area contributed by atoms with Crippen molar-refractivity contribution in [1.29, 1.82) is 0 Å². The Kier molecular flexibility index (Phi) is 8.60. The number of pyridine rings is 1. The number of H-pyrrole nitrogens is 1. The number of fused-ring (bicyclic) bond motifs is 5. The number of hydrogen-bond donors (Lipinski definition) is 1. The molecule has 0 aliphatic carbocycles. The van der Waals surface area contributed by atoms with Crippen molar-refractivity contribution < 1.29 is 0 Å². The summed E-state index contributed by atoms with van der Waals surface area (Å²) in [5.41, 5.74) is 18.4. The van der Waals surface area contributed by atoms with E-state index in [1.165, 1.54) is 49.8 Å².